The molecule has 1 heteroatoms. The maximum atomic E-state index is 2.37. The summed E-state index contributed by atoms with van der Waals surface area (Å²) in [5, 5.41) is 0. The second-order valence-electron chi connectivity index (χ2n) is 6.60. The Morgan fingerprint density at radius 1 is 0.750 bits per heavy atom. The van der Waals surface area contributed by atoms with Crippen LogP contribution in [0.3, 0.4) is 0 Å². The number of benzene rings is 2. The molecule has 1 nitrogen and oxygen atoms in total. The van der Waals surface area contributed by atoms with E-state index in [9.17, 15) is 0 Å². The Morgan fingerprint density at radius 3 is 1.70 bits per heavy atom. The van der Waals surface area contributed by atoms with Crippen LogP contribution in [0.25, 0.3) is 0 Å². The summed E-state index contributed by atoms with van der Waals surface area (Å²) in [4.78, 5) is 2.37. The Kier molecular flexibility index (Phi) is 4.17. The van der Waals surface area contributed by atoms with Gasteiger partial charge >= 0.3 is 0 Å². The van der Waals surface area contributed by atoms with Crippen molar-refractivity contribution >= 4 is 11.4 Å². The zero-order valence-electron chi connectivity index (χ0n) is 13.2. The lowest BCUT2D eigenvalue weighted by Gasteiger charge is -2.30. The van der Waals surface area contributed by atoms with Crippen molar-refractivity contribution in [1.82, 2.24) is 0 Å². The van der Waals surface area contributed by atoms with Gasteiger partial charge in [-0.3, -0.25) is 0 Å². The predicted molar refractivity (Wildman–Crippen MR) is 88.9 cm³/mol. The Hall–Kier alpha value is -1.76. The fraction of sp³-hybridized carbons (Fsp3) is 0.368. The molecule has 106 valence electrons. The summed E-state index contributed by atoms with van der Waals surface area (Å²) >= 11 is 0. The first kappa shape index (κ1) is 14.6. The molecule has 0 N–H and O–H groups in total. The van der Waals surface area contributed by atoms with E-state index in [0.717, 1.165) is 0 Å². The Labute approximate surface area is 123 Å². The highest BCUT2D eigenvalue weighted by atomic mass is 15.2. The average Bonchev–Trinajstić information content (AvgIpc) is 2.39. The number of anilines is 2. The van der Waals surface area contributed by atoms with E-state index in [4.69, 9.17) is 0 Å². The monoisotopic (exact) mass is 267 g/mol. The summed E-state index contributed by atoms with van der Waals surface area (Å²) in [7, 11) is 0. The van der Waals surface area contributed by atoms with Crippen LogP contribution in [0.4, 0.5) is 11.4 Å². The second kappa shape index (κ2) is 5.70. The first-order valence-corrected chi connectivity index (χ1v) is 7.34. The van der Waals surface area contributed by atoms with E-state index in [-0.39, 0.29) is 5.41 Å². The van der Waals surface area contributed by atoms with E-state index in [0.29, 0.717) is 6.04 Å². The molecule has 0 spiro atoms. The van der Waals surface area contributed by atoms with Gasteiger partial charge in [0.1, 0.15) is 0 Å². The van der Waals surface area contributed by atoms with Crippen LogP contribution >= 0.6 is 0 Å². The SMILES string of the molecule is CC(C)N(c1ccccc1)c1ccc(C(C)(C)C)cc1. The minimum absolute atomic E-state index is 0.202. The molecule has 20 heavy (non-hydrogen) atoms. The molecule has 0 aliphatic rings. The third kappa shape index (κ3) is 3.22. The van der Waals surface area contributed by atoms with Gasteiger partial charge in [-0.25, -0.2) is 0 Å². The van der Waals surface area contributed by atoms with Crippen LogP contribution in [0.1, 0.15) is 40.2 Å². The highest BCUT2D eigenvalue weighted by molar-refractivity contribution is 5.64. The van der Waals surface area contributed by atoms with Crippen LogP contribution in [-0.4, -0.2) is 6.04 Å². The van der Waals surface area contributed by atoms with E-state index < -0.39 is 0 Å². The maximum absolute atomic E-state index is 2.37. The summed E-state index contributed by atoms with van der Waals surface area (Å²) in [6.07, 6.45) is 0. The quantitative estimate of drug-likeness (QED) is 0.706. The molecule has 2 aromatic carbocycles. The van der Waals surface area contributed by atoms with E-state index in [1.807, 2.05) is 0 Å². The molecule has 0 bridgehead atoms. The zero-order valence-corrected chi connectivity index (χ0v) is 13.2. The molecular formula is C19H25N. The summed E-state index contributed by atoms with van der Waals surface area (Å²) < 4.78 is 0. The van der Waals surface area contributed by atoms with E-state index in [1.165, 1.54) is 16.9 Å². The number of nitrogens with zero attached hydrogens (tertiary/aromatic N) is 1. The Balaban J connectivity index is 2.37. The molecule has 0 saturated heterocycles. The minimum atomic E-state index is 0.202. The summed E-state index contributed by atoms with van der Waals surface area (Å²) in [5.41, 5.74) is 4.07. The highest BCUT2D eigenvalue weighted by Crippen LogP contribution is 2.30. The molecule has 0 atom stereocenters. The summed E-state index contributed by atoms with van der Waals surface area (Å²) in [6.45, 7) is 11.2. The third-order valence-electron chi connectivity index (χ3n) is 3.56. The summed E-state index contributed by atoms with van der Waals surface area (Å²) in [6, 6.07) is 19.9. The van der Waals surface area contributed by atoms with Crippen LogP contribution in [0.15, 0.2) is 54.6 Å². The molecule has 0 saturated carbocycles. The number of hydrogen-bond acceptors (Lipinski definition) is 1. The molecule has 2 rings (SSSR count). The zero-order chi connectivity index (χ0) is 14.8. The molecule has 0 aliphatic heterocycles. The molecule has 0 amide bonds. The van der Waals surface area contributed by atoms with Crippen molar-refractivity contribution in [2.24, 2.45) is 0 Å². The van der Waals surface area contributed by atoms with Crippen LogP contribution in [0.2, 0.25) is 0 Å². The van der Waals surface area contributed by atoms with Crippen molar-refractivity contribution in [3.8, 4) is 0 Å². The fourth-order valence-corrected chi connectivity index (χ4v) is 2.46. The van der Waals surface area contributed by atoms with Crippen LogP contribution in [0, 0.1) is 0 Å². The molecule has 2 aromatic rings. The van der Waals surface area contributed by atoms with Gasteiger partial charge < -0.3 is 4.90 Å². The first-order chi connectivity index (χ1) is 9.39. The van der Waals surface area contributed by atoms with Gasteiger partial charge in [-0.15, -0.1) is 0 Å². The Morgan fingerprint density at radius 2 is 1.25 bits per heavy atom. The topological polar surface area (TPSA) is 3.24 Å². The van der Waals surface area contributed by atoms with Crippen molar-refractivity contribution in [1.29, 1.82) is 0 Å². The van der Waals surface area contributed by atoms with Crippen molar-refractivity contribution in [3.05, 3.63) is 60.2 Å². The van der Waals surface area contributed by atoms with E-state index >= 15 is 0 Å². The van der Waals surface area contributed by atoms with E-state index in [1.54, 1.807) is 0 Å². The minimum Gasteiger partial charge on any atom is -0.339 e. The highest BCUT2D eigenvalue weighted by Gasteiger charge is 2.16. The van der Waals surface area contributed by atoms with Gasteiger partial charge in [-0.1, -0.05) is 51.1 Å². The van der Waals surface area contributed by atoms with Crippen molar-refractivity contribution < 1.29 is 0 Å². The molecule has 0 fully saturated rings. The molecule has 0 unspecified atom stereocenters. The van der Waals surface area contributed by atoms with Crippen LogP contribution in [-0.2, 0) is 5.41 Å². The normalized spacial score (nSPS) is 11.7. The van der Waals surface area contributed by atoms with Gasteiger partial charge in [0.2, 0.25) is 0 Å². The summed E-state index contributed by atoms with van der Waals surface area (Å²) in [5.74, 6) is 0. The molecule has 0 aromatic heterocycles. The van der Waals surface area contributed by atoms with Gasteiger partial charge in [-0.2, -0.15) is 0 Å². The lowest BCUT2D eigenvalue weighted by Crippen LogP contribution is -2.25. The molecular weight excluding hydrogens is 242 g/mol. The smallest absolute Gasteiger partial charge is 0.0413 e. The van der Waals surface area contributed by atoms with Crippen molar-refractivity contribution in [3.63, 3.8) is 0 Å². The predicted octanol–water partition coefficient (Wildman–Crippen LogP) is 5.53. The lowest BCUT2D eigenvalue weighted by molar-refractivity contribution is 0.590. The number of para-hydroxylation sites is 1. The van der Waals surface area contributed by atoms with Crippen LogP contribution in [0.5, 0.6) is 0 Å². The largest absolute Gasteiger partial charge is 0.339 e. The lowest BCUT2D eigenvalue weighted by atomic mass is 9.87. The third-order valence-corrected chi connectivity index (χ3v) is 3.56. The van der Waals surface area contributed by atoms with Crippen molar-refractivity contribution in [2.45, 2.75) is 46.1 Å². The van der Waals surface area contributed by atoms with Gasteiger partial charge in [0.05, 0.1) is 0 Å². The number of hydrogen-bond donors (Lipinski definition) is 0. The van der Waals surface area contributed by atoms with Gasteiger partial charge in [0.25, 0.3) is 0 Å². The first-order valence-electron chi connectivity index (χ1n) is 7.34. The average molecular weight is 267 g/mol. The van der Waals surface area contributed by atoms with Gasteiger partial charge in [0, 0.05) is 17.4 Å². The molecule has 0 aliphatic carbocycles. The van der Waals surface area contributed by atoms with Gasteiger partial charge in [0.15, 0.2) is 0 Å². The maximum Gasteiger partial charge on any atom is 0.0413 e. The van der Waals surface area contributed by atoms with E-state index in [2.05, 4.69) is 94.1 Å². The number of rotatable bonds is 3. The molecule has 0 heterocycles. The standard InChI is InChI=1S/C19H25N/c1-15(2)20(17-9-7-6-8-10-17)18-13-11-16(12-14-18)19(3,4)5/h6-15H,1-5H3. The van der Waals surface area contributed by atoms with Crippen LogP contribution < -0.4 is 4.90 Å². The van der Waals surface area contributed by atoms with Gasteiger partial charge in [-0.05, 0) is 49.1 Å². The van der Waals surface area contributed by atoms with Crippen molar-refractivity contribution in [2.75, 3.05) is 4.90 Å². The Bertz CT molecular complexity index is 532. The second-order valence-corrected chi connectivity index (χ2v) is 6.60. The fourth-order valence-electron chi connectivity index (χ4n) is 2.46. The molecule has 0 radical (unpaired) electrons.